The molecule has 1 amide bonds. The van der Waals surface area contributed by atoms with E-state index in [0.29, 0.717) is 4.60 Å². The molecule has 0 fully saturated rings. The van der Waals surface area contributed by atoms with Crippen LogP contribution < -0.4 is 11.0 Å². The number of rotatable bonds is 5. The van der Waals surface area contributed by atoms with Crippen LogP contribution in [0.2, 0.25) is 0 Å². The molecule has 8 nitrogen and oxygen atoms in total. The molecule has 0 spiro atoms. The van der Waals surface area contributed by atoms with Crippen LogP contribution in [0.3, 0.4) is 0 Å². The third-order valence-corrected chi connectivity index (χ3v) is 3.18. The van der Waals surface area contributed by atoms with Crippen LogP contribution in [0.5, 0.6) is 0 Å². The van der Waals surface area contributed by atoms with Crippen LogP contribution in [0, 0.1) is 0 Å². The smallest absolute Gasteiger partial charge is 0.404 e. The number of nitrogens with one attached hydrogen (secondary N) is 1. The maximum atomic E-state index is 12.8. The van der Waals surface area contributed by atoms with Crippen LogP contribution in [-0.2, 0) is 6.54 Å². The molecule has 0 aliphatic rings. The topological polar surface area (TPSA) is 102 Å². The lowest BCUT2D eigenvalue weighted by Gasteiger charge is -2.05. The molecule has 2 heterocycles. The first-order chi connectivity index (χ1) is 10.9. The molecule has 0 unspecified atom stereocenters. The summed E-state index contributed by atoms with van der Waals surface area (Å²) in [6, 6.07) is 4.87. The minimum absolute atomic E-state index is 0.269. The first-order valence-corrected chi connectivity index (χ1v) is 6.95. The van der Waals surface area contributed by atoms with Crippen molar-refractivity contribution in [3.05, 3.63) is 51.3 Å². The zero-order valence-electron chi connectivity index (χ0n) is 11.4. The number of aromatic nitrogens is 4. The molecule has 0 aromatic carbocycles. The van der Waals surface area contributed by atoms with Crippen molar-refractivity contribution in [2.45, 2.75) is 6.54 Å². The Hall–Kier alpha value is -2.56. The zero-order chi connectivity index (χ0) is 17.0. The molecule has 0 saturated carbocycles. The second-order valence-electron chi connectivity index (χ2n) is 4.28. The molecule has 0 atom stereocenters. The van der Waals surface area contributed by atoms with Gasteiger partial charge in [0.25, 0.3) is 6.08 Å². The molecule has 2 rings (SSSR count). The van der Waals surface area contributed by atoms with E-state index >= 15 is 0 Å². The summed E-state index contributed by atoms with van der Waals surface area (Å²) in [5, 5.41) is 14.0. The van der Waals surface area contributed by atoms with Crippen molar-refractivity contribution >= 4 is 22.0 Å². The Bertz CT molecular complexity index is 813. The van der Waals surface area contributed by atoms with Gasteiger partial charge >= 0.3 is 11.8 Å². The lowest BCUT2D eigenvalue weighted by Crippen LogP contribution is -2.29. The molecule has 2 aromatic heterocycles. The van der Waals surface area contributed by atoms with Gasteiger partial charge in [-0.25, -0.2) is 23.8 Å². The van der Waals surface area contributed by atoms with E-state index in [4.69, 9.17) is 5.11 Å². The van der Waals surface area contributed by atoms with Crippen molar-refractivity contribution in [2.24, 2.45) is 0 Å². The number of pyridine rings is 1. The number of carbonyl (C=O) groups is 1. The van der Waals surface area contributed by atoms with Crippen LogP contribution in [0.1, 0.15) is 0 Å². The van der Waals surface area contributed by atoms with Crippen LogP contribution >= 0.6 is 15.9 Å². The fourth-order valence-corrected chi connectivity index (χ4v) is 2.01. The summed E-state index contributed by atoms with van der Waals surface area (Å²) >= 11 is 3.16. The van der Waals surface area contributed by atoms with Gasteiger partial charge in [-0.05, 0) is 28.1 Å². The summed E-state index contributed by atoms with van der Waals surface area (Å²) in [4.78, 5) is 26.6. The van der Waals surface area contributed by atoms with E-state index in [2.05, 4.69) is 26.0 Å². The monoisotopic (exact) mass is 389 g/mol. The highest BCUT2D eigenvalue weighted by Crippen LogP contribution is 2.10. The molecule has 0 aliphatic carbocycles. The van der Waals surface area contributed by atoms with Gasteiger partial charge in [-0.3, -0.25) is 0 Å². The Kier molecular flexibility index (Phi) is 5.21. The third-order valence-electron chi connectivity index (χ3n) is 2.74. The Labute approximate surface area is 136 Å². The van der Waals surface area contributed by atoms with Crippen LogP contribution in [0.15, 0.2) is 45.6 Å². The fourth-order valence-electron chi connectivity index (χ4n) is 1.68. The van der Waals surface area contributed by atoms with Gasteiger partial charge in [0.2, 0.25) is 0 Å². The van der Waals surface area contributed by atoms with Gasteiger partial charge in [-0.1, -0.05) is 6.07 Å². The Morgan fingerprint density at radius 1 is 1.39 bits per heavy atom. The number of carboxylic acid groups (broad SMARTS) is 1. The van der Waals surface area contributed by atoms with Gasteiger partial charge in [0, 0.05) is 12.1 Å². The molecule has 0 saturated heterocycles. The lowest BCUT2D eigenvalue weighted by molar-refractivity contribution is 0.195. The molecule has 0 radical (unpaired) electrons. The van der Waals surface area contributed by atoms with Gasteiger partial charge in [-0.15, -0.1) is 0 Å². The summed E-state index contributed by atoms with van der Waals surface area (Å²) in [7, 11) is 0. The highest BCUT2D eigenvalue weighted by atomic mass is 79.9. The van der Waals surface area contributed by atoms with Gasteiger partial charge in [-0.2, -0.15) is 13.9 Å². The molecule has 122 valence electrons. The lowest BCUT2D eigenvalue weighted by atomic mass is 10.3. The van der Waals surface area contributed by atoms with E-state index in [1.807, 2.05) is 5.32 Å². The summed E-state index contributed by atoms with van der Waals surface area (Å²) < 4.78 is 28.0. The van der Waals surface area contributed by atoms with E-state index in [-0.39, 0.29) is 5.82 Å². The Balaban J connectivity index is 2.27. The van der Waals surface area contributed by atoms with E-state index in [0.717, 1.165) is 15.6 Å². The molecule has 2 N–H and O–H groups in total. The minimum Gasteiger partial charge on any atom is -0.465 e. The average molecular weight is 390 g/mol. The fraction of sp³-hybridized carbons (Fsp3) is 0.167. The Morgan fingerprint density at radius 3 is 2.74 bits per heavy atom. The van der Waals surface area contributed by atoms with Gasteiger partial charge in [0.1, 0.15) is 16.7 Å². The van der Waals surface area contributed by atoms with Crippen molar-refractivity contribution in [1.29, 1.82) is 0 Å². The van der Waals surface area contributed by atoms with Crippen LogP contribution in [0.25, 0.3) is 5.82 Å². The van der Waals surface area contributed by atoms with Gasteiger partial charge in [0.15, 0.2) is 0 Å². The van der Waals surface area contributed by atoms with E-state index in [1.165, 1.54) is 0 Å². The standard InChI is InChI=1S/C12H10BrF2N5O3/c13-8-2-1-3-9(18-8)19-6-17-20(12(19)23)5-7(10(14)15)4-16-11(21)22/h1-3,6,16H,4-5H2,(H,21,22). The van der Waals surface area contributed by atoms with Crippen LogP contribution in [0.4, 0.5) is 13.6 Å². The van der Waals surface area contributed by atoms with Gasteiger partial charge in [0.05, 0.1) is 6.54 Å². The summed E-state index contributed by atoms with van der Waals surface area (Å²) in [5.41, 5.74) is -1.23. The molecular formula is C12H10BrF2N5O3. The summed E-state index contributed by atoms with van der Waals surface area (Å²) in [5.74, 6) is 0.269. The Morgan fingerprint density at radius 2 is 2.13 bits per heavy atom. The predicted molar refractivity (Wildman–Crippen MR) is 78.6 cm³/mol. The molecule has 23 heavy (non-hydrogen) atoms. The second kappa shape index (κ2) is 7.13. The first-order valence-electron chi connectivity index (χ1n) is 6.15. The largest absolute Gasteiger partial charge is 0.465 e. The van der Waals surface area contributed by atoms with Crippen molar-refractivity contribution in [1.82, 2.24) is 24.6 Å². The molecule has 11 heteroatoms. The van der Waals surface area contributed by atoms with E-state index in [1.54, 1.807) is 18.2 Å². The van der Waals surface area contributed by atoms with Crippen molar-refractivity contribution in [3.63, 3.8) is 0 Å². The average Bonchev–Trinajstić information content (AvgIpc) is 2.84. The molecular weight excluding hydrogens is 380 g/mol. The molecule has 2 aromatic rings. The second-order valence-corrected chi connectivity index (χ2v) is 5.09. The first kappa shape index (κ1) is 16.8. The number of nitrogens with zero attached hydrogens (tertiary/aromatic N) is 4. The normalized spacial score (nSPS) is 10.4. The zero-order valence-corrected chi connectivity index (χ0v) is 13.0. The SMILES string of the molecule is O=C(O)NCC(Cn1ncn(-c2cccc(Br)n2)c1=O)=C(F)F. The number of hydrogen-bond acceptors (Lipinski definition) is 4. The summed E-state index contributed by atoms with van der Waals surface area (Å²) in [6.07, 6.45) is -2.36. The van der Waals surface area contributed by atoms with E-state index in [9.17, 15) is 18.4 Å². The van der Waals surface area contributed by atoms with Crippen molar-refractivity contribution in [2.75, 3.05) is 6.54 Å². The number of hydrogen-bond donors (Lipinski definition) is 2. The predicted octanol–water partition coefficient (Wildman–Crippen LogP) is 1.61. The van der Waals surface area contributed by atoms with Crippen molar-refractivity contribution < 1.29 is 18.7 Å². The minimum atomic E-state index is -2.07. The summed E-state index contributed by atoms with van der Waals surface area (Å²) in [6.45, 7) is -1.14. The number of halogens is 3. The third kappa shape index (κ3) is 4.22. The molecule has 0 bridgehead atoms. The highest BCUT2D eigenvalue weighted by molar-refractivity contribution is 9.10. The van der Waals surface area contributed by atoms with Crippen molar-refractivity contribution in [3.8, 4) is 5.82 Å². The highest BCUT2D eigenvalue weighted by Gasteiger charge is 2.14. The van der Waals surface area contributed by atoms with E-state index < -0.39 is 36.5 Å². The maximum absolute atomic E-state index is 12.8. The molecule has 0 aliphatic heterocycles. The van der Waals surface area contributed by atoms with Crippen LogP contribution in [-0.4, -0.2) is 37.1 Å². The quantitative estimate of drug-likeness (QED) is 0.756. The van der Waals surface area contributed by atoms with Gasteiger partial charge < -0.3 is 10.4 Å². The number of amides is 1. The maximum Gasteiger partial charge on any atom is 0.404 e.